The molecule has 0 saturated heterocycles. The van der Waals surface area contributed by atoms with Crippen molar-refractivity contribution in [2.75, 3.05) is 13.7 Å². The molecule has 0 atom stereocenters. The minimum Gasteiger partial charge on any atom is -0.490 e. The predicted molar refractivity (Wildman–Crippen MR) is 79.7 cm³/mol. The van der Waals surface area contributed by atoms with E-state index in [1.807, 2.05) is 37.3 Å². The first-order valence-electron chi connectivity index (χ1n) is 6.76. The Kier molecular flexibility index (Phi) is 5.21. The van der Waals surface area contributed by atoms with E-state index in [0.29, 0.717) is 30.3 Å². The lowest BCUT2D eigenvalue weighted by molar-refractivity contribution is 0.0600. The number of hydrogen-bond donors (Lipinski definition) is 0. The highest BCUT2D eigenvalue weighted by Crippen LogP contribution is 2.29. The molecule has 0 amide bonds. The zero-order chi connectivity index (χ0) is 15.1. The van der Waals surface area contributed by atoms with Crippen LogP contribution in [-0.4, -0.2) is 19.7 Å². The third kappa shape index (κ3) is 3.99. The fourth-order valence-corrected chi connectivity index (χ4v) is 1.88. The zero-order valence-corrected chi connectivity index (χ0v) is 12.2. The van der Waals surface area contributed by atoms with Gasteiger partial charge in [-0.15, -0.1) is 0 Å². The van der Waals surface area contributed by atoms with Crippen LogP contribution in [0, 0.1) is 0 Å². The van der Waals surface area contributed by atoms with Crippen LogP contribution in [0.4, 0.5) is 0 Å². The molecule has 0 aromatic heterocycles. The van der Waals surface area contributed by atoms with Gasteiger partial charge < -0.3 is 14.2 Å². The minimum atomic E-state index is -0.398. The molecule has 0 radical (unpaired) electrons. The molecule has 0 bridgehead atoms. The number of benzene rings is 2. The Labute approximate surface area is 124 Å². The van der Waals surface area contributed by atoms with Gasteiger partial charge in [0.1, 0.15) is 6.61 Å². The summed E-state index contributed by atoms with van der Waals surface area (Å²) < 4.78 is 16.0. The summed E-state index contributed by atoms with van der Waals surface area (Å²) in [6, 6.07) is 14.9. The highest BCUT2D eigenvalue weighted by Gasteiger charge is 2.11. The number of ether oxygens (including phenoxy) is 3. The van der Waals surface area contributed by atoms with Gasteiger partial charge in [0, 0.05) is 0 Å². The lowest BCUT2D eigenvalue weighted by atomic mass is 10.2. The van der Waals surface area contributed by atoms with E-state index in [1.165, 1.54) is 7.11 Å². The van der Waals surface area contributed by atoms with Crippen molar-refractivity contribution in [1.82, 2.24) is 0 Å². The van der Waals surface area contributed by atoms with Crippen LogP contribution in [0.3, 0.4) is 0 Å². The quantitative estimate of drug-likeness (QED) is 0.763. The Morgan fingerprint density at radius 1 is 1.00 bits per heavy atom. The molecule has 0 spiro atoms. The molecule has 2 aromatic carbocycles. The van der Waals surface area contributed by atoms with Crippen molar-refractivity contribution in [2.45, 2.75) is 13.5 Å². The Hall–Kier alpha value is -2.49. The Bertz CT molecular complexity index is 593. The fourth-order valence-electron chi connectivity index (χ4n) is 1.88. The highest BCUT2D eigenvalue weighted by molar-refractivity contribution is 5.90. The van der Waals surface area contributed by atoms with Gasteiger partial charge in [0.25, 0.3) is 0 Å². The highest BCUT2D eigenvalue weighted by atomic mass is 16.5. The lowest BCUT2D eigenvalue weighted by Gasteiger charge is -2.13. The van der Waals surface area contributed by atoms with Crippen molar-refractivity contribution >= 4 is 5.97 Å². The standard InChI is InChI=1S/C17H18O4/c1-3-20-16-11-14(17(18)19-2)9-10-15(16)21-12-13-7-5-4-6-8-13/h4-11H,3,12H2,1-2H3. The van der Waals surface area contributed by atoms with Gasteiger partial charge in [0.05, 0.1) is 19.3 Å². The van der Waals surface area contributed by atoms with Crippen LogP contribution >= 0.6 is 0 Å². The topological polar surface area (TPSA) is 44.8 Å². The smallest absolute Gasteiger partial charge is 0.337 e. The van der Waals surface area contributed by atoms with Crippen molar-refractivity contribution in [3.8, 4) is 11.5 Å². The molecule has 21 heavy (non-hydrogen) atoms. The largest absolute Gasteiger partial charge is 0.490 e. The summed E-state index contributed by atoms with van der Waals surface area (Å²) in [5.74, 6) is 0.746. The summed E-state index contributed by atoms with van der Waals surface area (Å²) in [6.07, 6.45) is 0. The minimum absolute atomic E-state index is 0.398. The van der Waals surface area contributed by atoms with Gasteiger partial charge in [0.15, 0.2) is 11.5 Å². The van der Waals surface area contributed by atoms with E-state index in [1.54, 1.807) is 18.2 Å². The Balaban J connectivity index is 2.16. The molecule has 0 fully saturated rings. The van der Waals surface area contributed by atoms with E-state index in [-0.39, 0.29) is 0 Å². The molecule has 4 heteroatoms. The molecule has 2 aromatic rings. The molecule has 4 nitrogen and oxygen atoms in total. The molecule has 0 heterocycles. The summed E-state index contributed by atoms with van der Waals surface area (Å²) >= 11 is 0. The van der Waals surface area contributed by atoms with Crippen molar-refractivity contribution in [3.63, 3.8) is 0 Å². The van der Waals surface area contributed by atoms with Crippen LogP contribution in [0.2, 0.25) is 0 Å². The first-order valence-corrected chi connectivity index (χ1v) is 6.76. The second-order valence-electron chi connectivity index (χ2n) is 4.36. The van der Waals surface area contributed by atoms with E-state index >= 15 is 0 Å². The van der Waals surface area contributed by atoms with Gasteiger partial charge >= 0.3 is 5.97 Å². The molecule has 0 N–H and O–H groups in total. The number of carbonyl (C=O) groups is 1. The normalized spacial score (nSPS) is 10.0. The molecule has 0 aliphatic heterocycles. The van der Waals surface area contributed by atoms with E-state index < -0.39 is 5.97 Å². The molecular formula is C17H18O4. The second kappa shape index (κ2) is 7.33. The van der Waals surface area contributed by atoms with Crippen LogP contribution in [-0.2, 0) is 11.3 Å². The molecule has 110 valence electrons. The molecule has 0 saturated carbocycles. The fraction of sp³-hybridized carbons (Fsp3) is 0.235. The number of methoxy groups -OCH3 is 1. The van der Waals surface area contributed by atoms with E-state index in [2.05, 4.69) is 0 Å². The van der Waals surface area contributed by atoms with Gasteiger partial charge in [-0.3, -0.25) is 0 Å². The number of carbonyl (C=O) groups excluding carboxylic acids is 1. The van der Waals surface area contributed by atoms with Gasteiger partial charge in [-0.05, 0) is 30.7 Å². The average molecular weight is 286 g/mol. The maximum atomic E-state index is 11.5. The van der Waals surface area contributed by atoms with Gasteiger partial charge in [-0.25, -0.2) is 4.79 Å². The van der Waals surface area contributed by atoms with Crippen LogP contribution in [0.25, 0.3) is 0 Å². The zero-order valence-electron chi connectivity index (χ0n) is 12.2. The number of esters is 1. The lowest BCUT2D eigenvalue weighted by Crippen LogP contribution is -2.04. The van der Waals surface area contributed by atoms with E-state index in [0.717, 1.165) is 5.56 Å². The van der Waals surface area contributed by atoms with Gasteiger partial charge in [-0.1, -0.05) is 30.3 Å². The maximum absolute atomic E-state index is 11.5. The monoisotopic (exact) mass is 286 g/mol. The first-order chi connectivity index (χ1) is 10.2. The number of hydrogen-bond acceptors (Lipinski definition) is 4. The third-order valence-corrected chi connectivity index (χ3v) is 2.90. The summed E-state index contributed by atoms with van der Waals surface area (Å²) in [5.41, 5.74) is 1.50. The van der Waals surface area contributed by atoms with Gasteiger partial charge in [-0.2, -0.15) is 0 Å². The Morgan fingerprint density at radius 3 is 2.43 bits per heavy atom. The van der Waals surface area contributed by atoms with Crippen molar-refractivity contribution < 1.29 is 19.0 Å². The van der Waals surface area contributed by atoms with Crippen molar-refractivity contribution in [2.24, 2.45) is 0 Å². The molecular weight excluding hydrogens is 268 g/mol. The van der Waals surface area contributed by atoms with Crippen molar-refractivity contribution in [1.29, 1.82) is 0 Å². The predicted octanol–water partition coefficient (Wildman–Crippen LogP) is 3.45. The summed E-state index contributed by atoms with van der Waals surface area (Å²) in [6.45, 7) is 2.82. The summed E-state index contributed by atoms with van der Waals surface area (Å²) in [7, 11) is 1.35. The summed E-state index contributed by atoms with van der Waals surface area (Å²) in [5, 5.41) is 0. The maximum Gasteiger partial charge on any atom is 0.337 e. The summed E-state index contributed by atoms with van der Waals surface area (Å²) in [4.78, 5) is 11.5. The molecule has 2 rings (SSSR count). The molecule has 0 aliphatic rings. The molecule has 0 aliphatic carbocycles. The average Bonchev–Trinajstić information content (AvgIpc) is 2.54. The van der Waals surface area contributed by atoms with Crippen LogP contribution in [0.1, 0.15) is 22.8 Å². The van der Waals surface area contributed by atoms with E-state index in [9.17, 15) is 4.79 Å². The van der Waals surface area contributed by atoms with Crippen LogP contribution in [0.5, 0.6) is 11.5 Å². The Morgan fingerprint density at radius 2 is 1.76 bits per heavy atom. The second-order valence-corrected chi connectivity index (χ2v) is 4.36. The first kappa shape index (κ1) is 14.9. The SMILES string of the molecule is CCOc1cc(C(=O)OC)ccc1OCc1ccccc1. The van der Waals surface area contributed by atoms with Crippen molar-refractivity contribution in [3.05, 3.63) is 59.7 Å². The van der Waals surface area contributed by atoms with E-state index in [4.69, 9.17) is 14.2 Å². The number of rotatable bonds is 6. The van der Waals surface area contributed by atoms with Gasteiger partial charge in [0.2, 0.25) is 0 Å². The van der Waals surface area contributed by atoms with Crippen LogP contribution < -0.4 is 9.47 Å². The third-order valence-electron chi connectivity index (χ3n) is 2.90. The molecule has 0 unspecified atom stereocenters. The van der Waals surface area contributed by atoms with Crippen LogP contribution in [0.15, 0.2) is 48.5 Å².